The topological polar surface area (TPSA) is 35.6 Å². The van der Waals surface area contributed by atoms with Gasteiger partial charge in [-0.2, -0.15) is 0 Å². The zero-order chi connectivity index (χ0) is 16.9. The van der Waals surface area contributed by atoms with Gasteiger partial charge in [0.25, 0.3) is 0 Å². The summed E-state index contributed by atoms with van der Waals surface area (Å²) in [5.74, 6) is 0.199. The van der Waals surface area contributed by atoms with E-state index in [1.807, 2.05) is 0 Å². The van der Waals surface area contributed by atoms with Gasteiger partial charge in [0.15, 0.2) is 0 Å². The zero-order valence-corrected chi connectivity index (χ0v) is 15.1. The number of hydrogen-bond acceptors (Lipinski definition) is 3. The van der Waals surface area contributed by atoms with Crippen LogP contribution in [0.2, 0.25) is 0 Å². The van der Waals surface area contributed by atoms with Gasteiger partial charge in [-0.3, -0.25) is 9.69 Å². The van der Waals surface area contributed by atoms with Crippen LogP contribution in [0.5, 0.6) is 0 Å². The average molecular weight is 329 g/mol. The highest BCUT2D eigenvalue weighted by molar-refractivity contribution is 5.78. The summed E-state index contributed by atoms with van der Waals surface area (Å²) in [5, 5.41) is 3.27. The number of likely N-dealkylation sites (tertiary alicyclic amines) is 1. The van der Waals surface area contributed by atoms with Crippen LogP contribution in [0.25, 0.3) is 0 Å². The first-order valence-corrected chi connectivity index (χ1v) is 9.45. The van der Waals surface area contributed by atoms with Gasteiger partial charge >= 0.3 is 0 Å². The Balaban J connectivity index is 1.49. The van der Waals surface area contributed by atoms with E-state index < -0.39 is 0 Å². The highest BCUT2D eigenvalue weighted by Crippen LogP contribution is 2.28. The quantitative estimate of drug-likeness (QED) is 0.835. The van der Waals surface area contributed by atoms with Crippen LogP contribution in [0.3, 0.4) is 0 Å². The van der Waals surface area contributed by atoms with Crippen LogP contribution in [0, 0.1) is 6.92 Å². The Bertz CT molecular complexity index is 548. The number of aryl methyl sites for hydroxylation is 1. The number of amides is 1. The van der Waals surface area contributed by atoms with E-state index in [0.717, 1.165) is 39.0 Å². The van der Waals surface area contributed by atoms with E-state index in [4.69, 9.17) is 0 Å². The molecule has 0 bridgehead atoms. The van der Waals surface area contributed by atoms with Crippen molar-refractivity contribution in [1.29, 1.82) is 0 Å². The van der Waals surface area contributed by atoms with Crippen LogP contribution in [0.4, 0.5) is 0 Å². The molecular formula is C20H31N3O. The van der Waals surface area contributed by atoms with Crippen molar-refractivity contribution in [2.24, 2.45) is 0 Å². The van der Waals surface area contributed by atoms with Gasteiger partial charge in [-0.1, -0.05) is 36.8 Å². The van der Waals surface area contributed by atoms with Crippen LogP contribution in [-0.4, -0.2) is 54.0 Å². The van der Waals surface area contributed by atoms with Gasteiger partial charge in [0.05, 0.1) is 6.54 Å². The first-order valence-electron chi connectivity index (χ1n) is 9.45. The highest BCUT2D eigenvalue weighted by atomic mass is 16.2. The highest BCUT2D eigenvalue weighted by Gasteiger charge is 2.31. The fraction of sp³-hybridized carbons (Fsp3) is 0.650. The van der Waals surface area contributed by atoms with Crippen molar-refractivity contribution in [2.75, 3.05) is 26.2 Å². The molecule has 132 valence electrons. The Morgan fingerprint density at radius 2 is 2.00 bits per heavy atom. The molecule has 1 heterocycles. The molecule has 0 unspecified atom stereocenters. The van der Waals surface area contributed by atoms with Crippen LogP contribution < -0.4 is 5.32 Å². The van der Waals surface area contributed by atoms with Crippen molar-refractivity contribution in [3.63, 3.8) is 0 Å². The summed E-state index contributed by atoms with van der Waals surface area (Å²) in [4.78, 5) is 17.3. The predicted octanol–water partition coefficient (Wildman–Crippen LogP) is 2.56. The molecule has 1 aliphatic carbocycles. The molecule has 1 saturated carbocycles. The maximum absolute atomic E-state index is 12.5. The van der Waals surface area contributed by atoms with E-state index in [0.29, 0.717) is 18.6 Å². The standard InChI is InChI=1S/C20H31N3O/c1-3-22-11-9-18(10-12-22)21-20(24)15-23(19-7-8-19)14-17-6-4-5-16(2)13-17/h4-6,13,18-19H,3,7-12,14-15H2,1-2H3,(H,21,24). The van der Waals surface area contributed by atoms with E-state index in [2.05, 4.69) is 53.2 Å². The van der Waals surface area contributed by atoms with E-state index >= 15 is 0 Å². The normalized spacial score (nSPS) is 19.6. The summed E-state index contributed by atoms with van der Waals surface area (Å²) in [6.45, 7) is 9.08. The maximum atomic E-state index is 12.5. The number of hydrogen-bond donors (Lipinski definition) is 1. The van der Waals surface area contributed by atoms with Gasteiger partial charge < -0.3 is 10.2 Å². The van der Waals surface area contributed by atoms with Gasteiger partial charge in [-0.15, -0.1) is 0 Å². The molecule has 4 nitrogen and oxygen atoms in total. The second kappa shape index (κ2) is 8.13. The molecule has 0 aromatic heterocycles. The Morgan fingerprint density at radius 1 is 1.25 bits per heavy atom. The minimum Gasteiger partial charge on any atom is -0.352 e. The largest absolute Gasteiger partial charge is 0.352 e. The first kappa shape index (κ1) is 17.4. The molecule has 1 aliphatic heterocycles. The summed E-state index contributed by atoms with van der Waals surface area (Å²) >= 11 is 0. The third kappa shape index (κ3) is 5.05. The van der Waals surface area contributed by atoms with Gasteiger partial charge in [0, 0.05) is 31.7 Å². The third-order valence-corrected chi connectivity index (χ3v) is 5.28. The lowest BCUT2D eigenvalue weighted by molar-refractivity contribution is -0.123. The number of nitrogens with zero attached hydrogens (tertiary/aromatic N) is 2. The minimum atomic E-state index is 0.199. The van der Waals surface area contributed by atoms with Crippen molar-refractivity contribution in [2.45, 2.75) is 58.2 Å². The predicted molar refractivity (Wildman–Crippen MR) is 97.9 cm³/mol. The molecule has 2 fully saturated rings. The van der Waals surface area contributed by atoms with Gasteiger partial charge in [-0.25, -0.2) is 0 Å². The maximum Gasteiger partial charge on any atom is 0.234 e. The van der Waals surface area contributed by atoms with Crippen LogP contribution >= 0.6 is 0 Å². The molecule has 0 atom stereocenters. The molecular weight excluding hydrogens is 298 g/mol. The van der Waals surface area contributed by atoms with E-state index in [1.54, 1.807) is 0 Å². The van der Waals surface area contributed by atoms with E-state index in [1.165, 1.54) is 24.0 Å². The summed E-state index contributed by atoms with van der Waals surface area (Å²) in [6.07, 6.45) is 4.63. The monoisotopic (exact) mass is 329 g/mol. The van der Waals surface area contributed by atoms with Crippen molar-refractivity contribution >= 4 is 5.91 Å². The molecule has 3 rings (SSSR count). The summed E-state index contributed by atoms with van der Waals surface area (Å²) < 4.78 is 0. The van der Waals surface area contributed by atoms with E-state index in [-0.39, 0.29) is 5.91 Å². The lowest BCUT2D eigenvalue weighted by Gasteiger charge is -2.32. The smallest absolute Gasteiger partial charge is 0.234 e. The third-order valence-electron chi connectivity index (χ3n) is 5.28. The van der Waals surface area contributed by atoms with Gasteiger partial charge in [0.2, 0.25) is 5.91 Å². The molecule has 1 N–H and O–H groups in total. The number of piperidine rings is 1. The van der Waals surface area contributed by atoms with Crippen molar-refractivity contribution in [3.05, 3.63) is 35.4 Å². The lowest BCUT2D eigenvalue weighted by atomic mass is 10.1. The van der Waals surface area contributed by atoms with Crippen LogP contribution in [0.15, 0.2) is 24.3 Å². The fourth-order valence-electron chi connectivity index (χ4n) is 3.65. The SMILES string of the molecule is CCN1CCC(NC(=O)CN(Cc2cccc(C)c2)C2CC2)CC1. The van der Waals surface area contributed by atoms with Crippen molar-refractivity contribution in [3.8, 4) is 0 Å². The summed E-state index contributed by atoms with van der Waals surface area (Å²) in [5.41, 5.74) is 2.60. The Kier molecular flexibility index (Phi) is 5.90. The molecule has 0 spiro atoms. The van der Waals surface area contributed by atoms with E-state index in [9.17, 15) is 4.79 Å². The number of benzene rings is 1. The molecule has 1 saturated heterocycles. The first-order chi connectivity index (χ1) is 11.6. The fourth-order valence-corrected chi connectivity index (χ4v) is 3.65. The second-order valence-corrected chi connectivity index (χ2v) is 7.40. The van der Waals surface area contributed by atoms with Crippen LogP contribution in [-0.2, 0) is 11.3 Å². The molecule has 24 heavy (non-hydrogen) atoms. The van der Waals surface area contributed by atoms with Crippen molar-refractivity contribution in [1.82, 2.24) is 15.1 Å². The lowest BCUT2D eigenvalue weighted by Crippen LogP contribution is -2.47. The molecule has 1 amide bonds. The minimum absolute atomic E-state index is 0.199. The number of carbonyl (C=O) groups is 1. The Labute approximate surface area is 146 Å². The molecule has 1 aromatic carbocycles. The molecule has 0 radical (unpaired) electrons. The molecule has 2 aliphatic rings. The number of carbonyl (C=O) groups excluding carboxylic acids is 1. The Morgan fingerprint density at radius 3 is 2.62 bits per heavy atom. The molecule has 4 heteroatoms. The van der Waals surface area contributed by atoms with Gasteiger partial charge in [0.1, 0.15) is 0 Å². The van der Waals surface area contributed by atoms with Crippen molar-refractivity contribution < 1.29 is 4.79 Å². The average Bonchev–Trinajstić information content (AvgIpc) is 3.40. The zero-order valence-electron chi connectivity index (χ0n) is 15.1. The number of nitrogens with one attached hydrogen (secondary N) is 1. The van der Waals surface area contributed by atoms with Gasteiger partial charge in [-0.05, 0) is 44.7 Å². The van der Waals surface area contributed by atoms with Crippen LogP contribution in [0.1, 0.15) is 43.7 Å². The summed E-state index contributed by atoms with van der Waals surface area (Å²) in [6, 6.07) is 9.59. The summed E-state index contributed by atoms with van der Waals surface area (Å²) in [7, 11) is 0. The number of rotatable bonds is 7. The molecule has 1 aromatic rings. The Hall–Kier alpha value is -1.39. The second-order valence-electron chi connectivity index (χ2n) is 7.40.